The molecule has 5 aromatic rings. The number of ether oxygens (including phenoxy) is 1. The van der Waals surface area contributed by atoms with Gasteiger partial charge in [0.15, 0.2) is 0 Å². The van der Waals surface area contributed by atoms with E-state index in [9.17, 15) is 4.79 Å². The summed E-state index contributed by atoms with van der Waals surface area (Å²) >= 11 is 0. The van der Waals surface area contributed by atoms with Crippen molar-refractivity contribution in [1.29, 1.82) is 0 Å². The molecule has 1 unspecified atom stereocenters. The third-order valence-electron chi connectivity index (χ3n) is 7.00. The Labute approximate surface area is 226 Å². The molecule has 0 saturated carbocycles. The van der Waals surface area contributed by atoms with E-state index >= 15 is 0 Å². The number of urea groups is 1. The van der Waals surface area contributed by atoms with Crippen molar-refractivity contribution >= 4 is 17.4 Å². The summed E-state index contributed by atoms with van der Waals surface area (Å²) in [6.07, 6.45) is 0. The summed E-state index contributed by atoms with van der Waals surface area (Å²) in [5.74, 6) is 1.11. The van der Waals surface area contributed by atoms with Gasteiger partial charge in [-0.25, -0.2) is 4.79 Å². The van der Waals surface area contributed by atoms with Gasteiger partial charge in [-0.3, -0.25) is 0 Å². The Bertz CT molecular complexity index is 1630. The van der Waals surface area contributed by atoms with Gasteiger partial charge < -0.3 is 15.4 Å². The van der Waals surface area contributed by atoms with E-state index in [2.05, 4.69) is 63.3 Å². The van der Waals surface area contributed by atoms with Gasteiger partial charge >= 0.3 is 6.03 Å². The van der Waals surface area contributed by atoms with Crippen LogP contribution < -0.4 is 15.4 Å². The van der Waals surface area contributed by atoms with Gasteiger partial charge in [0.25, 0.3) is 0 Å². The lowest BCUT2D eigenvalue weighted by atomic mass is 9.80. The molecule has 2 amide bonds. The van der Waals surface area contributed by atoms with Crippen molar-refractivity contribution in [1.82, 2.24) is 20.6 Å². The second kappa shape index (κ2) is 9.72. The van der Waals surface area contributed by atoms with Crippen LogP contribution in [-0.4, -0.2) is 32.3 Å². The molecule has 194 valence electrons. The molecule has 1 aromatic heterocycles. The average molecular weight is 517 g/mol. The smallest absolute Gasteiger partial charge is 0.323 e. The number of anilines is 2. The lowest BCUT2D eigenvalue weighted by Gasteiger charge is -2.26. The molecule has 4 aromatic carbocycles. The van der Waals surface area contributed by atoms with E-state index < -0.39 is 5.60 Å². The van der Waals surface area contributed by atoms with Crippen LogP contribution in [0.1, 0.15) is 36.5 Å². The quantitative estimate of drug-likeness (QED) is 0.239. The molecule has 8 heteroatoms. The minimum atomic E-state index is -0.542. The summed E-state index contributed by atoms with van der Waals surface area (Å²) in [6.45, 7) is 6.16. The highest BCUT2D eigenvalue weighted by atomic mass is 16.5. The molecule has 6 rings (SSSR count). The Balaban J connectivity index is 1.48. The number of nitrogens with one attached hydrogen (secondary N) is 3. The predicted molar refractivity (Wildman–Crippen MR) is 152 cm³/mol. The average Bonchev–Trinajstić information content (AvgIpc) is 3.56. The molecular weight excluding hydrogens is 488 g/mol. The number of nitrogens with zero attached hydrogens (tertiary/aromatic N) is 3. The second-order valence-corrected chi connectivity index (χ2v) is 10.2. The fourth-order valence-electron chi connectivity index (χ4n) is 5.28. The molecule has 2 heterocycles. The first-order chi connectivity index (χ1) is 18.9. The largest absolute Gasteiger partial charge is 0.484 e. The minimum Gasteiger partial charge on any atom is -0.484 e. The number of tetrazole rings is 1. The molecular formula is C31H28N6O2. The zero-order valence-corrected chi connectivity index (χ0v) is 21.9. The molecule has 39 heavy (non-hydrogen) atoms. The fraction of sp³-hybridized carbons (Fsp3) is 0.161. The number of H-pyrrole nitrogens is 1. The maximum absolute atomic E-state index is 13.2. The molecule has 0 bridgehead atoms. The van der Waals surface area contributed by atoms with Crippen molar-refractivity contribution in [3.05, 3.63) is 108 Å². The van der Waals surface area contributed by atoms with Gasteiger partial charge in [-0.1, -0.05) is 72.3 Å². The number of rotatable bonds is 5. The Hall–Kier alpha value is -4.98. The van der Waals surface area contributed by atoms with Crippen LogP contribution >= 0.6 is 0 Å². The lowest BCUT2D eigenvalue weighted by Crippen LogP contribution is -2.31. The number of carbonyl (C=O) groups excluding carboxylic acids is 1. The van der Waals surface area contributed by atoms with Crippen molar-refractivity contribution in [2.45, 2.75) is 32.3 Å². The van der Waals surface area contributed by atoms with E-state index in [4.69, 9.17) is 4.74 Å². The number of aryl methyl sites for hydroxylation is 1. The molecule has 0 fully saturated rings. The zero-order valence-electron chi connectivity index (χ0n) is 21.9. The maximum Gasteiger partial charge on any atom is 0.323 e. The number of carbonyl (C=O) groups is 1. The first kappa shape index (κ1) is 24.4. The van der Waals surface area contributed by atoms with E-state index in [0.29, 0.717) is 22.9 Å². The minimum absolute atomic E-state index is 0.0494. The second-order valence-electron chi connectivity index (χ2n) is 10.2. The predicted octanol–water partition coefficient (Wildman–Crippen LogP) is 6.79. The van der Waals surface area contributed by atoms with E-state index in [1.54, 1.807) is 0 Å². The number of aromatic amines is 1. The first-order valence-corrected chi connectivity index (χ1v) is 12.8. The van der Waals surface area contributed by atoms with Crippen molar-refractivity contribution < 1.29 is 9.53 Å². The molecule has 3 N–H and O–H groups in total. The summed E-state index contributed by atoms with van der Waals surface area (Å²) in [7, 11) is 0. The van der Waals surface area contributed by atoms with Gasteiger partial charge in [-0.15, -0.1) is 10.2 Å². The Kier molecular flexibility index (Phi) is 6.07. The normalized spacial score (nSPS) is 15.3. The lowest BCUT2D eigenvalue weighted by molar-refractivity contribution is 0.123. The third-order valence-corrected chi connectivity index (χ3v) is 7.00. The fourth-order valence-corrected chi connectivity index (χ4v) is 5.28. The van der Waals surface area contributed by atoms with Gasteiger partial charge in [0, 0.05) is 16.8 Å². The molecule has 1 aliphatic heterocycles. The van der Waals surface area contributed by atoms with Gasteiger partial charge in [0.1, 0.15) is 11.4 Å². The van der Waals surface area contributed by atoms with Crippen LogP contribution in [0.2, 0.25) is 0 Å². The first-order valence-electron chi connectivity index (χ1n) is 12.8. The van der Waals surface area contributed by atoms with Gasteiger partial charge in [0.05, 0.1) is 11.6 Å². The van der Waals surface area contributed by atoms with Crippen molar-refractivity contribution in [2.24, 2.45) is 0 Å². The summed E-state index contributed by atoms with van der Waals surface area (Å²) in [5.41, 5.74) is 6.65. The Morgan fingerprint density at radius 3 is 2.33 bits per heavy atom. The number of aromatic nitrogens is 4. The molecule has 0 radical (unpaired) electrons. The van der Waals surface area contributed by atoms with Crippen LogP contribution in [0.15, 0.2) is 91.0 Å². The van der Waals surface area contributed by atoms with Crippen molar-refractivity contribution in [2.75, 3.05) is 10.6 Å². The number of hydrogen-bond donors (Lipinski definition) is 3. The summed E-state index contributed by atoms with van der Waals surface area (Å²) in [5, 5.41) is 20.7. The van der Waals surface area contributed by atoms with E-state index in [0.717, 1.165) is 33.4 Å². The third kappa shape index (κ3) is 4.72. The highest BCUT2D eigenvalue weighted by Crippen LogP contribution is 2.53. The number of hydrogen-bond acceptors (Lipinski definition) is 5. The van der Waals surface area contributed by atoms with Crippen LogP contribution in [0.3, 0.4) is 0 Å². The highest BCUT2D eigenvalue weighted by molar-refractivity contribution is 6.02. The SMILES string of the molecule is Cc1ccc(NC(=O)Nc2cc(-c3ccccc3-c3nn[nH]n3)cc3c2OC(C)(C)C3c2ccccc2)cc1. The van der Waals surface area contributed by atoms with Crippen molar-refractivity contribution in [3.63, 3.8) is 0 Å². The number of amides is 2. The molecule has 1 aliphatic rings. The van der Waals surface area contributed by atoms with Crippen LogP contribution in [0.5, 0.6) is 5.75 Å². The van der Waals surface area contributed by atoms with E-state index in [1.807, 2.05) is 79.7 Å². The van der Waals surface area contributed by atoms with Gasteiger partial charge in [0.2, 0.25) is 5.82 Å². The maximum atomic E-state index is 13.2. The van der Waals surface area contributed by atoms with Crippen molar-refractivity contribution in [3.8, 4) is 28.3 Å². The van der Waals surface area contributed by atoms with E-state index in [-0.39, 0.29) is 11.9 Å². The van der Waals surface area contributed by atoms with Crippen LogP contribution in [0, 0.1) is 6.92 Å². The van der Waals surface area contributed by atoms with Gasteiger partial charge in [-0.2, -0.15) is 5.21 Å². The summed E-state index contributed by atoms with van der Waals surface area (Å²) < 4.78 is 6.57. The van der Waals surface area contributed by atoms with Crippen LogP contribution in [-0.2, 0) is 0 Å². The van der Waals surface area contributed by atoms with Crippen LogP contribution in [0.25, 0.3) is 22.5 Å². The Morgan fingerprint density at radius 1 is 0.897 bits per heavy atom. The molecule has 1 atom stereocenters. The monoisotopic (exact) mass is 516 g/mol. The standard InChI is InChI=1S/C31H28N6O2/c1-19-13-15-22(16-14-19)32-30(38)33-26-18-21(23-11-7-8-12-24(23)29-34-36-37-35-29)17-25-27(20-9-5-4-6-10-20)31(2,3)39-28(25)26/h4-18,27H,1-3H3,(H2,32,33,38)(H,34,35,36,37). The summed E-state index contributed by atoms with van der Waals surface area (Å²) in [4.78, 5) is 13.2. The molecule has 0 saturated heterocycles. The van der Waals surface area contributed by atoms with E-state index in [1.165, 1.54) is 0 Å². The van der Waals surface area contributed by atoms with Crippen LogP contribution in [0.4, 0.5) is 16.2 Å². The molecule has 8 nitrogen and oxygen atoms in total. The van der Waals surface area contributed by atoms with Gasteiger partial charge in [-0.05, 0) is 66.9 Å². The number of benzene rings is 4. The topological polar surface area (TPSA) is 105 Å². The Morgan fingerprint density at radius 2 is 1.62 bits per heavy atom. The molecule has 0 aliphatic carbocycles. The zero-order chi connectivity index (χ0) is 27.0. The summed E-state index contributed by atoms with van der Waals surface area (Å²) in [6, 6.07) is 29.6. The molecule has 0 spiro atoms. The highest BCUT2D eigenvalue weighted by Gasteiger charge is 2.43. The number of fused-ring (bicyclic) bond motifs is 1.